The second kappa shape index (κ2) is 3.28. The first-order valence-electron chi connectivity index (χ1n) is 4.58. The van der Waals surface area contributed by atoms with E-state index in [-0.39, 0.29) is 0 Å². The Morgan fingerprint density at radius 2 is 2.17 bits per heavy atom. The van der Waals surface area contributed by atoms with Gasteiger partial charge in [-0.05, 0) is 30.4 Å². The van der Waals surface area contributed by atoms with Crippen LogP contribution >= 0.6 is 0 Å². The molecule has 0 spiro atoms. The van der Waals surface area contributed by atoms with E-state index in [1.54, 1.807) is 0 Å². The van der Waals surface area contributed by atoms with E-state index in [0.717, 1.165) is 0 Å². The molecule has 63 valence electrons. The zero-order chi connectivity index (χ0) is 8.39. The minimum Gasteiger partial charge on any atom is -0.237 e. The van der Waals surface area contributed by atoms with E-state index in [2.05, 4.69) is 29.6 Å². The van der Waals surface area contributed by atoms with Gasteiger partial charge in [0, 0.05) is 13.1 Å². The lowest BCUT2D eigenvalue weighted by Crippen LogP contribution is -2.16. The van der Waals surface area contributed by atoms with Crippen LogP contribution in [-0.2, 0) is 6.42 Å². The van der Waals surface area contributed by atoms with Gasteiger partial charge in [-0.1, -0.05) is 24.3 Å². The van der Waals surface area contributed by atoms with E-state index in [1.807, 2.05) is 7.05 Å². The number of benzene rings is 1. The van der Waals surface area contributed by atoms with Crippen LogP contribution in [0.5, 0.6) is 0 Å². The van der Waals surface area contributed by atoms with Crippen LogP contribution in [0.4, 0.5) is 0 Å². The van der Waals surface area contributed by atoms with E-state index in [1.165, 1.54) is 30.4 Å². The average Bonchev–Trinajstić information content (AvgIpc) is 2.17. The molecule has 1 atom stereocenters. The van der Waals surface area contributed by atoms with Crippen LogP contribution in [0, 0.1) is 0 Å². The van der Waals surface area contributed by atoms with Crippen LogP contribution in [0.1, 0.15) is 30.0 Å². The Morgan fingerprint density at radius 3 is 3.00 bits per heavy atom. The molecule has 0 N–H and O–H groups in total. The molecule has 1 aliphatic carbocycles. The van der Waals surface area contributed by atoms with Gasteiger partial charge in [0.1, 0.15) is 0 Å². The lowest BCUT2D eigenvalue weighted by atomic mass is 9.88. The highest BCUT2D eigenvalue weighted by Crippen LogP contribution is 2.29. The minimum atomic E-state index is 0.468. The summed E-state index contributed by atoms with van der Waals surface area (Å²) in [5.74, 6) is 0. The maximum atomic E-state index is 4.39. The predicted molar refractivity (Wildman–Crippen MR) is 50.2 cm³/mol. The molecule has 0 heterocycles. The number of hydrogen-bond donors (Lipinski definition) is 0. The number of fused-ring (bicyclic) bond motifs is 1. The molecule has 1 radical (unpaired) electrons. The van der Waals surface area contributed by atoms with Crippen molar-refractivity contribution in [3.05, 3.63) is 35.4 Å². The van der Waals surface area contributed by atoms with Gasteiger partial charge < -0.3 is 0 Å². The Hall–Kier alpha value is -0.820. The van der Waals surface area contributed by atoms with Crippen LogP contribution in [0.3, 0.4) is 0 Å². The summed E-state index contributed by atoms with van der Waals surface area (Å²) in [7, 11) is 1.92. The lowest BCUT2D eigenvalue weighted by Gasteiger charge is -2.23. The van der Waals surface area contributed by atoms with Gasteiger partial charge in [0.15, 0.2) is 0 Å². The van der Waals surface area contributed by atoms with Gasteiger partial charge in [-0.15, -0.1) is 0 Å². The van der Waals surface area contributed by atoms with Crippen molar-refractivity contribution in [2.24, 2.45) is 0 Å². The van der Waals surface area contributed by atoms with Gasteiger partial charge in [-0.2, -0.15) is 0 Å². The Labute approximate surface area is 73.8 Å². The fourth-order valence-corrected chi connectivity index (χ4v) is 2.00. The minimum absolute atomic E-state index is 0.468. The standard InChI is InChI=1S/C11H14N/c1-12-11-8-4-6-9-5-2-3-7-10(9)11/h2-3,5,7,11H,4,6,8H2,1H3/t11-/m0/s1. The van der Waals surface area contributed by atoms with E-state index >= 15 is 0 Å². The monoisotopic (exact) mass is 160 g/mol. The maximum absolute atomic E-state index is 4.39. The van der Waals surface area contributed by atoms with E-state index in [4.69, 9.17) is 0 Å². The highest BCUT2D eigenvalue weighted by molar-refractivity contribution is 5.31. The molecule has 1 nitrogen and oxygen atoms in total. The molecule has 0 unspecified atom stereocenters. The van der Waals surface area contributed by atoms with Gasteiger partial charge in [0.25, 0.3) is 0 Å². The average molecular weight is 160 g/mol. The zero-order valence-corrected chi connectivity index (χ0v) is 7.46. The molecule has 1 aromatic carbocycles. The predicted octanol–water partition coefficient (Wildman–Crippen LogP) is 2.30. The highest BCUT2D eigenvalue weighted by Gasteiger charge is 2.17. The van der Waals surface area contributed by atoms with Crippen molar-refractivity contribution in [2.75, 3.05) is 7.05 Å². The van der Waals surface area contributed by atoms with Gasteiger partial charge in [-0.25, -0.2) is 5.32 Å². The van der Waals surface area contributed by atoms with Crippen molar-refractivity contribution in [2.45, 2.75) is 25.3 Å². The van der Waals surface area contributed by atoms with Crippen molar-refractivity contribution in [1.82, 2.24) is 5.32 Å². The second-order valence-corrected chi connectivity index (χ2v) is 3.37. The Morgan fingerprint density at radius 1 is 1.33 bits per heavy atom. The molecule has 0 fully saturated rings. The topological polar surface area (TPSA) is 14.1 Å². The second-order valence-electron chi connectivity index (χ2n) is 3.37. The van der Waals surface area contributed by atoms with Crippen molar-refractivity contribution < 1.29 is 0 Å². The summed E-state index contributed by atoms with van der Waals surface area (Å²) in [4.78, 5) is 0. The first-order chi connectivity index (χ1) is 5.92. The smallest absolute Gasteiger partial charge is 0.0495 e. The summed E-state index contributed by atoms with van der Waals surface area (Å²) in [6.07, 6.45) is 3.76. The van der Waals surface area contributed by atoms with Crippen LogP contribution in [0.2, 0.25) is 0 Å². The third kappa shape index (κ3) is 1.25. The first-order valence-corrected chi connectivity index (χ1v) is 4.58. The van der Waals surface area contributed by atoms with Crippen LogP contribution in [0.25, 0.3) is 0 Å². The summed E-state index contributed by atoms with van der Waals surface area (Å²) in [5, 5.41) is 4.39. The number of nitrogens with zero attached hydrogens (tertiary/aromatic N) is 1. The molecular formula is C11H14N. The Kier molecular flexibility index (Phi) is 2.13. The Bertz CT molecular complexity index is 267. The van der Waals surface area contributed by atoms with Gasteiger partial charge in [0.2, 0.25) is 0 Å². The highest BCUT2D eigenvalue weighted by atomic mass is 14.9. The fraction of sp³-hybridized carbons (Fsp3) is 0.455. The molecule has 0 aliphatic heterocycles. The molecule has 0 aromatic heterocycles. The molecule has 0 amide bonds. The third-order valence-corrected chi connectivity index (χ3v) is 2.65. The van der Waals surface area contributed by atoms with Crippen LogP contribution in [0.15, 0.2) is 24.3 Å². The molecule has 2 rings (SSSR count). The van der Waals surface area contributed by atoms with Gasteiger partial charge in [-0.3, -0.25) is 0 Å². The maximum Gasteiger partial charge on any atom is 0.0495 e. The SMILES string of the molecule is C[N][C@H]1CCCc2ccccc21. The molecular weight excluding hydrogens is 146 g/mol. The quantitative estimate of drug-likeness (QED) is 0.598. The molecule has 0 bridgehead atoms. The molecule has 12 heavy (non-hydrogen) atoms. The molecule has 0 saturated heterocycles. The summed E-state index contributed by atoms with van der Waals surface area (Å²) in [5.41, 5.74) is 2.95. The summed E-state index contributed by atoms with van der Waals surface area (Å²) < 4.78 is 0. The molecule has 1 heteroatoms. The van der Waals surface area contributed by atoms with E-state index in [0.29, 0.717) is 6.04 Å². The summed E-state index contributed by atoms with van der Waals surface area (Å²) in [6, 6.07) is 9.15. The third-order valence-electron chi connectivity index (χ3n) is 2.65. The largest absolute Gasteiger partial charge is 0.237 e. The van der Waals surface area contributed by atoms with Gasteiger partial charge in [0.05, 0.1) is 0 Å². The molecule has 1 aliphatic rings. The van der Waals surface area contributed by atoms with Crippen molar-refractivity contribution in [3.63, 3.8) is 0 Å². The van der Waals surface area contributed by atoms with Crippen molar-refractivity contribution in [3.8, 4) is 0 Å². The zero-order valence-electron chi connectivity index (χ0n) is 7.46. The molecule has 1 aromatic rings. The first kappa shape index (κ1) is 7.81. The number of aryl methyl sites for hydroxylation is 1. The van der Waals surface area contributed by atoms with Gasteiger partial charge >= 0.3 is 0 Å². The lowest BCUT2D eigenvalue weighted by molar-refractivity contribution is 0.489. The number of rotatable bonds is 1. The van der Waals surface area contributed by atoms with E-state index in [9.17, 15) is 0 Å². The van der Waals surface area contributed by atoms with Crippen molar-refractivity contribution in [1.29, 1.82) is 0 Å². The summed E-state index contributed by atoms with van der Waals surface area (Å²) in [6.45, 7) is 0. The van der Waals surface area contributed by atoms with Crippen molar-refractivity contribution >= 4 is 0 Å². The normalized spacial score (nSPS) is 21.9. The van der Waals surface area contributed by atoms with Crippen LogP contribution in [-0.4, -0.2) is 7.05 Å². The van der Waals surface area contributed by atoms with Crippen LogP contribution < -0.4 is 5.32 Å². The number of hydrogen-bond acceptors (Lipinski definition) is 0. The summed E-state index contributed by atoms with van der Waals surface area (Å²) >= 11 is 0. The fourth-order valence-electron chi connectivity index (χ4n) is 2.00. The van der Waals surface area contributed by atoms with E-state index < -0.39 is 0 Å². The Balaban J connectivity index is 2.37. The molecule has 0 saturated carbocycles.